The zero-order chi connectivity index (χ0) is 19.5. The maximum absolute atomic E-state index is 12.8. The molecule has 0 spiro atoms. The Hall–Kier alpha value is -3.12. The molecule has 2 heterocycles. The second-order valence-corrected chi connectivity index (χ2v) is 6.87. The average Bonchev–Trinajstić information content (AvgIpc) is 3.18. The van der Waals surface area contributed by atoms with Crippen LogP contribution in [0.4, 0.5) is 0 Å². The molecule has 2 aromatic carbocycles. The second-order valence-electron chi connectivity index (χ2n) is 6.87. The number of amides is 1. The van der Waals surface area contributed by atoms with Gasteiger partial charge in [0.15, 0.2) is 5.69 Å². The van der Waals surface area contributed by atoms with Crippen LogP contribution in [0, 0.1) is 0 Å². The molecule has 0 fully saturated rings. The van der Waals surface area contributed by atoms with Gasteiger partial charge in [-0.2, -0.15) is 0 Å². The van der Waals surface area contributed by atoms with Gasteiger partial charge in [0.1, 0.15) is 11.9 Å². The summed E-state index contributed by atoms with van der Waals surface area (Å²) < 4.78 is 13.2. The second kappa shape index (κ2) is 7.86. The van der Waals surface area contributed by atoms with E-state index in [1.807, 2.05) is 54.0 Å². The fourth-order valence-corrected chi connectivity index (χ4v) is 3.43. The Labute approximate surface area is 164 Å². The molecule has 1 aromatic heterocycles. The molecule has 0 aliphatic carbocycles. The molecule has 1 aliphatic heterocycles. The van der Waals surface area contributed by atoms with Crippen molar-refractivity contribution in [3.63, 3.8) is 0 Å². The Morgan fingerprint density at radius 2 is 1.96 bits per heavy atom. The lowest BCUT2D eigenvalue weighted by atomic mass is 10.1. The Balaban J connectivity index is 1.45. The monoisotopic (exact) mass is 377 g/mol. The molecule has 0 bridgehead atoms. The minimum absolute atomic E-state index is 0.0305. The number of rotatable bonds is 5. The molecule has 0 radical (unpaired) electrons. The van der Waals surface area contributed by atoms with E-state index in [-0.39, 0.29) is 18.1 Å². The highest BCUT2D eigenvalue weighted by molar-refractivity contribution is 5.93. The van der Waals surface area contributed by atoms with Crippen molar-refractivity contribution < 1.29 is 14.3 Å². The number of benzene rings is 2. The molecule has 0 saturated carbocycles. The van der Waals surface area contributed by atoms with E-state index < -0.39 is 0 Å². The van der Waals surface area contributed by atoms with Crippen molar-refractivity contribution in [2.24, 2.45) is 0 Å². The Bertz CT molecular complexity index is 951. The minimum atomic E-state index is -0.196. The number of nitrogens with one attached hydrogen (secondary N) is 1. The summed E-state index contributed by atoms with van der Waals surface area (Å²) in [7, 11) is 1.63. The first-order valence-corrected chi connectivity index (χ1v) is 9.31. The van der Waals surface area contributed by atoms with E-state index in [9.17, 15) is 4.79 Å². The maximum Gasteiger partial charge on any atom is 0.272 e. The summed E-state index contributed by atoms with van der Waals surface area (Å²) in [6, 6.07) is 17.6. The van der Waals surface area contributed by atoms with Crippen LogP contribution in [0.2, 0.25) is 0 Å². The van der Waals surface area contributed by atoms with Crippen LogP contribution in [-0.4, -0.2) is 22.6 Å². The van der Waals surface area contributed by atoms with Gasteiger partial charge in [-0.05, 0) is 30.2 Å². The number of aromatic nitrogens is 2. The van der Waals surface area contributed by atoms with Gasteiger partial charge in [0.25, 0.3) is 5.91 Å². The fourth-order valence-electron chi connectivity index (χ4n) is 3.43. The zero-order valence-electron chi connectivity index (χ0n) is 16.0. The fraction of sp³-hybridized carbons (Fsp3) is 0.273. The molecule has 6 heteroatoms. The third-order valence-electron chi connectivity index (χ3n) is 5.08. The number of ether oxygens (including phenoxy) is 2. The highest BCUT2D eigenvalue weighted by Gasteiger charge is 2.26. The SMILES string of the molecule is COc1ccc([C@H](C)NC(=O)c2ncn3c2CO[C@H](c2ccccc2)C3)cc1. The van der Waals surface area contributed by atoms with Crippen molar-refractivity contribution in [3.05, 3.63) is 83.4 Å². The first-order valence-electron chi connectivity index (χ1n) is 9.31. The smallest absolute Gasteiger partial charge is 0.272 e. The molecule has 0 unspecified atom stereocenters. The van der Waals surface area contributed by atoms with Gasteiger partial charge < -0.3 is 19.4 Å². The summed E-state index contributed by atoms with van der Waals surface area (Å²) in [5.41, 5.74) is 3.36. The van der Waals surface area contributed by atoms with Crippen LogP contribution >= 0.6 is 0 Å². The summed E-state index contributed by atoms with van der Waals surface area (Å²) in [5.74, 6) is 0.592. The van der Waals surface area contributed by atoms with Crippen LogP contribution in [0.5, 0.6) is 5.75 Å². The van der Waals surface area contributed by atoms with Gasteiger partial charge in [0, 0.05) is 0 Å². The molecular formula is C22H23N3O3. The third-order valence-corrected chi connectivity index (χ3v) is 5.08. The molecular weight excluding hydrogens is 354 g/mol. The van der Waals surface area contributed by atoms with E-state index in [4.69, 9.17) is 9.47 Å². The molecule has 2 atom stereocenters. The molecule has 0 saturated heterocycles. The summed E-state index contributed by atoms with van der Waals surface area (Å²) in [6.45, 7) is 2.96. The summed E-state index contributed by atoms with van der Waals surface area (Å²) in [5, 5.41) is 3.02. The lowest BCUT2D eigenvalue weighted by Crippen LogP contribution is -2.29. The number of imidazole rings is 1. The van der Waals surface area contributed by atoms with Gasteiger partial charge in [0.05, 0.1) is 38.3 Å². The molecule has 1 amide bonds. The number of fused-ring (bicyclic) bond motifs is 1. The van der Waals surface area contributed by atoms with Crippen molar-refractivity contribution in [2.45, 2.75) is 32.2 Å². The van der Waals surface area contributed by atoms with E-state index in [0.29, 0.717) is 18.8 Å². The van der Waals surface area contributed by atoms with Crippen LogP contribution in [0.1, 0.15) is 46.4 Å². The molecule has 3 aromatic rings. The van der Waals surface area contributed by atoms with Gasteiger partial charge in [0.2, 0.25) is 0 Å². The topological polar surface area (TPSA) is 65.4 Å². The average molecular weight is 377 g/mol. The summed E-state index contributed by atoms with van der Waals surface area (Å²) in [6.07, 6.45) is 1.69. The van der Waals surface area contributed by atoms with Crippen molar-refractivity contribution in [1.82, 2.24) is 14.9 Å². The van der Waals surface area contributed by atoms with E-state index >= 15 is 0 Å². The predicted molar refractivity (Wildman–Crippen MR) is 105 cm³/mol. The minimum Gasteiger partial charge on any atom is -0.497 e. The first kappa shape index (κ1) is 18.3. The number of methoxy groups -OCH3 is 1. The van der Waals surface area contributed by atoms with E-state index in [1.165, 1.54) is 0 Å². The molecule has 4 rings (SSSR count). The Morgan fingerprint density at radius 3 is 2.68 bits per heavy atom. The van der Waals surface area contributed by atoms with Crippen molar-refractivity contribution in [2.75, 3.05) is 7.11 Å². The van der Waals surface area contributed by atoms with E-state index in [1.54, 1.807) is 13.4 Å². The van der Waals surface area contributed by atoms with Crippen LogP contribution in [-0.2, 0) is 17.9 Å². The van der Waals surface area contributed by atoms with Crippen molar-refractivity contribution in [1.29, 1.82) is 0 Å². The normalized spacial score (nSPS) is 16.9. The highest BCUT2D eigenvalue weighted by atomic mass is 16.5. The standard InChI is InChI=1S/C22H23N3O3/c1-15(16-8-10-18(27-2)11-9-16)24-22(26)21-19-13-28-20(12-25(19)14-23-21)17-6-4-3-5-7-17/h3-11,14-15,20H,12-13H2,1-2H3,(H,24,26)/t15-,20-/m0/s1. The highest BCUT2D eigenvalue weighted by Crippen LogP contribution is 2.28. The third kappa shape index (κ3) is 3.64. The quantitative estimate of drug-likeness (QED) is 0.737. The van der Waals surface area contributed by atoms with Gasteiger partial charge in [-0.15, -0.1) is 0 Å². The van der Waals surface area contributed by atoms with Crippen molar-refractivity contribution >= 4 is 5.91 Å². The molecule has 1 N–H and O–H groups in total. The summed E-state index contributed by atoms with van der Waals surface area (Å²) in [4.78, 5) is 17.1. The van der Waals surface area contributed by atoms with Crippen LogP contribution in [0.15, 0.2) is 60.9 Å². The number of nitrogens with zero attached hydrogens (tertiary/aromatic N) is 2. The number of hydrogen-bond acceptors (Lipinski definition) is 4. The molecule has 1 aliphatic rings. The summed E-state index contributed by atoms with van der Waals surface area (Å²) >= 11 is 0. The van der Waals surface area contributed by atoms with Crippen LogP contribution in [0.25, 0.3) is 0 Å². The maximum atomic E-state index is 12.8. The lowest BCUT2D eigenvalue weighted by Gasteiger charge is -2.25. The van der Waals surface area contributed by atoms with Gasteiger partial charge in [-0.25, -0.2) is 4.98 Å². The van der Waals surface area contributed by atoms with Gasteiger partial charge in [-0.1, -0.05) is 42.5 Å². The van der Waals surface area contributed by atoms with Gasteiger partial charge >= 0.3 is 0 Å². The molecule has 144 valence electrons. The van der Waals surface area contributed by atoms with E-state index in [0.717, 1.165) is 22.6 Å². The van der Waals surface area contributed by atoms with Gasteiger partial charge in [-0.3, -0.25) is 4.79 Å². The van der Waals surface area contributed by atoms with Crippen LogP contribution in [0.3, 0.4) is 0 Å². The molecule has 6 nitrogen and oxygen atoms in total. The number of carbonyl (C=O) groups is 1. The largest absolute Gasteiger partial charge is 0.497 e. The number of hydrogen-bond donors (Lipinski definition) is 1. The Kier molecular flexibility index (Phi) is 5.12. The zero-order valence-corrected chi connectivity index (χ0v) is 16.0. The van der Waals surface area contributed by atoms with E-state index in [2.05, 4.69) is 22.4 Å². The van der Waals surface area contributed by atoms with Crippen LogP contribution < -0.4 is 10.1 Å². The Morgan fingerprint density at radius 1 is 1.21 bits per heavy atom. The first-order chi connectivity index (χ1) is 13.7. The number of carbonyl (C=O) groups excluding carboxylic acids is 1. The van der Waals surface area contributed by atoms with Crippen molar-refractivity contribution in [3.8, 4) is 5.75 Å². The molecule has 28 heavy (non-hydrogen) atoms. The predicted octanol–water partition coefficient (Wildman–Crippen LogP) is 3.65. The lowest BCUT2D eigenvalue weighted by molar-refractivity contribution is 0.00256.